The first-order chi connectivity index (χ1) is 15.2. The Morgan fingerprint density at radius 3 is 1.82 bits per heavy atom. The Labute approximate surface area is 193 Å². The van der Waals surface area contributed by atoms with Crippen molar-refractivity contribution in [3.05, 3.63) is 96.1 Å². The average molecular weight is 554 g/mol. The normalized spacial score (nSPS) is 21.2. The molecule has 2 atom stereocenters. The SMILES string of the molecule is CC1=C(C)C(C)[C]([Zr]([CH3])([CH3])(=[SiH2])[CH]2C=C(c3c(F)c(F)c(F)c(F)c3F)c3ccccc32)=C1C. The number of rotatable bonds is 3. The van der Waals surface area contributed by atoms with E-state index in [1.807, 2.05) is 19.0 Å². The van der Waals surface area contributed by atoms with Gasteiger partial charge in [-0.15, -0.1) is 0 Å². The van der Waals surface area contributed by atoms with E-state index in [1.54, 1.807) is 18.2 Å². The van der Waals surface area contributed by atoms with Crippen molar-refractivity contribution in [3.8, 4) is 0 Å². The molecule has 0 spiro atoms. The molecule has 2 aromatic carbocycles. The third kappa shape index (κ3) is 3.36. The van der Waals surface area contributed by atoms with E-state index in [0.717, 1.165) is 5.56 Å². The summed E-state index contributed by atoms with van der Waals surface area (Å²) in [6.07, 6.45) is 1.77. The van der Waals surface area contributed by atoms with Crippen LogP contribution in [0.15, 0.2) is 50.3 Å². The Kier molecular flexibility index (Phi) is 5.73. The van der Waals surface area contributed by atoms with Gasteiger partial charge >= 0.3 is 194 Å². The Hall–Kier alpha value is -1.59. The first kappa shape index (κ1) is 24.5. The van der Waals surface area contributed by atoms with E-state index >= 15 is 0 Å². The van der Waals surface area contributed by atoms with Crippen LogP contribution in [-0.4, -0.2) is 6.88 Å². The van der Waals surface area contributed by atoms with Crippen LogP contribution in [0, 0.1) is 35.0 Å². The fourth-order valence-electron chi connectivity index (χ4n) is 6.04. The molecule has 0 heterocycles. The molecule has 2 aliphatic rings. The number of halogens is 5. The van der Waals surface area contributed by atoms with Crippen molar-refractivity contribution >= 4 is 12.5 Å². The van der Waals surface area contributed by atoms with E-state index in [2.05, 4.69) is 37.0 Å². The van der Waals surface area contributed by atoms with E-state index in [-0.39, 0.29) is 15.1 Å². The van der Waals surface area contributed by atoms with Crippen LogP contribution in [-0.2, 0) is 17.4 Å². The standard InChI is InChI=1S/C15H6F5.C9H13.2CH3.H2Si.Zr/c16-11-10(12(17)14(19)15(20)13(11)18)9-6-5-7-3-1-2-4-8(7)9;1-6-5-7(2)9(4)8(6)3;;;;/h1-6H;6H,1-4H3;2*1H3;1H2;. The second kappa shape index (κ2) is 7.71. The molecule has 0 N–H and O–H groups in total. The van der Waals surface area contributed by atoms with Gasteiger partial charge in [0.15, 0.2) is 0 Å². The zero-order chi connectivity index (χ0) is 24.6. The second-order valence-corrected chi connectivity index (χ2v) is 40.0. The first-order valence-corrected chi connectivity index (χ1v) is 24.5. The predicted molar refractivity (Wildman–Crippen MR) is 123 cm³/mol. The molecule has 0 bridgehead atoms. The molecule has 2 unspecified atom stereocenters. The number of hydrogen-bond acceptors (Lipinski definition) is 0. The summed E-state index contributed by atoms with van der Waals surface area (Å²) in [7, 11) is 0. The van der Waals surface area contributed by atoms with Crippen molar-refractivity contribution in [3.63, 3.8) is 0 Å². The molecular weight excluding hydrogens is 527 g/mol. The third-order valence-corrected chi connectivity index (χ3v) is 25.2. The summed E-state index contributed by atoms with van der Waals surface area (Å²) in [5, 5.41) is 0. The molecule has 174 valence electrons. The van der Waals surface area contributed by atoms with Gasteiger partial charge in [0.25, 0.3) is 0 Å². The molecule has 7 heteroatoms. The van der Waals surface area contributed by atoms with Gasteiger partial charge < -0.3 is 0 Å². The zero-order valence-corrected chi connectivity index (χ0v) is 23.5. The molecule has 0 saturated heterocycles. The van der Waals surface area contributed by atoms with Gasteiger partial charge in [-0.25, -0.2) is 0 Å². The molecule has 0 nitrogen and oxygen atoms in total. The zero-order valence-electron chi connectivity index (χ0n) is 19.6. The Morgan fingerprint density at radius 2 is 1.30 bits per heavy atom. The van der Waals surface area contributed by atoms with Crippen LogP contribution < -0.4 is 0 Å². The van der Waals surface area contributed by atoms with Crippen molar-refractivity contribution in [2.24, 2.45) is 5.92 Å². The molecule has 0 saturated carbocycles. The number of benzene rings is 2. The maximum absolute atomic E-state index is 14.8. The van der Waals surface area contributed by atoms with Crippen molar-refractivity contribution in [2.45, 2.75) is 40.6 Å². The van der Waals surface area contributed by atoms with Gasteiger partial charge in [0.2, 0.25) is 0 Å². The minimum atomic E-state index is -3.89. The van der Waals surface area contributed by atoms with E-state index < -0.39 is 52.0 Å². The molecule has 4 rings (SSSR count). The summed E-state index contributed by atoms with van der Waals surface area (Å²) in [6, 6.07) is 7.23. The molecule has 2 aliphatic carbocycles. The molecule has 2 aromatic rings. The van der Waals surface area contributed by atoms with Crippen molar-refractivity contribution in [2.75, 3.05) is 0 Å². The molecule has 33 heavy (non-hydrogen) atoms. The average Bonchev–Trinajstić information content (AvgIpc) is 3.24. The van der Waals surface area contributed by atoms with Gasteiger partial charge in [0, 0.05) is 0 Å². The van der Waals surface area contributed by atoms with Gasteiger partial charge in [-0.2, -0.15) is 0 Å². The summed E-state index contributed by atoms with van der Waals surface area (Å²) in [5.74, 6) is -9.28. The first-order valence-electron chi connectivity index (χ1n) is 11.0. The fraction of sp³-hybridized carbons (Fsp3) is 0.308. The molecule has 0 aliphatic heterocycles. The van der Waals surface area contributed by atoms with Crippen LogP contribution in [0.2, 0.25) is 9.26 Å². The molecule has 0 amide bonds. The predicted octanol–water partition coefficient (Wildman–Crippen LogP) is 7.46. The third-order valence-electron chi connectivity index (χ3n) is 7.92. The van der Waals surface area contributed by atoms with Crippen LogP contribution in [0.3, 0.4) is 0 Å². The van der Waals surface area contributed by atoms with Crippen molar-refractivity contribution in [1.29, 1.82) is 0 Å². The van der Waals surface area contributed by atoms with E-state index in [4.69, 9.17) is 0 Å². The molecule has 0 aromatic heterocycles. The fourth-order valence-corrected chi connectivity index (χ4v) is 24.6. The Morgan fingerprint density at radius 1 is 0.788 bits per heavy atom. The Balaban J connectivity index is 2.02. The molecular formula is C26H27F5SiZr. The van der Waals surface area contributed by atoms with Crippen LogP contribution in [0.1, 0.15) is 48.0 Å². The van der Waals surface area contributed by atoms with Crippen LogP contribution in [0.25, 0.3) is 5.57 Å². The summed E-state index contributed by atoms with van der Waals surface area (Å²) in [6.45, 7) is 10.6. The van der Waals surface area contributed by atoms with Gasteiger partial charge in [-0.3, -0.25) is 0 Å². The van der Waals surface area contributed by atoms with E-state index in [9.17, 15) is 22.0 Å². The summed E-state index contributed by atoms with van der Waals surface area (Å²) in [5.41, 5.74) is 4.57. The summed E-state index contributed by atoms with van der Waals surface area (Å²) in [4.78, 5) is 0. The van der Waals surface area contributed by atoms with Crippen molar-refractivity contribution < 1.29 is 39.4 Å². The summed E-state index contributed by atoms with van der Waals surface area (Å²) >= 11 is -3.89. The quantitative estimate of drug-likeness (QED) is 0.160. The second-order valence-electron chi connectivity index (χ2n) is 10.5. The maximum atomic E-state index is 14.8. The van der Waals surface area contributed by atoms with Crippen LogP contribution in [0.5, 0.6) is 0 Å². The summed E-state index contributed by atoms with van der Waals surface area (Å²) < 4.78 is 77.5. The molecule has 0 radical (unpaired) electrons. The number of allylic oxidation sites excluding steroid dienone is 5. The van der Waals surface area contributed by atoms with Gasteiger partial charge in [-0.1, -0.05) is 0 Å². The monoisotopic (exact) mass is 552 g/mol. The van der Waals surface area contributed by atoms with E-state index in [0.29, 0.717) is 5.56 Å². The number of fused-ring (bicyclic) bond motifs is 1. The van der Waals surface area contributed by atoms with Gasteiger partial charge in [0.1, 0.15) is 0 Å². The topological polar surface area (TPSA) is 0 Å². The Bertz CT molecular complexity index is 1360. The minimum absolute atomic E-state index is 0.0874. The van der Waals surface area contributed by atoms with Gasteiger partial charge in [0.05, 0.1) is 0 Å². The molecule has 0 fully saturated rings. The van der Waals surface area contributed by atoms with Crippen LogP contribution in [0.4, 0.5) is 22.0 Å². The number of hydrogen-bond donors (Lipinski definition) is 0. The van der Waals surface area contributed by atoms with Gasteiger partial charge in [-0.05, 0) is 0 Å². The van der Waals surface area contributed by atoms with Crippen LogP contribution >= 0.6 is 0 Å². The van der Waals surface area contributed by atoms with Crippen molar-refractivity contribution in [1.82, 2.24) is 0 Å². The van der Waals surface area contributed by atoms with E-state index in [1.165, 1.54) is 20.0 Å².